The largest absolute Gasteiger partial charge is 0.340 e. The topological polar surface area (TPSA) is 56.9 Å². The Bertz CT molecular complexity index is 309. The molecule has 1 saturated carbocycles. The summed E-state index contributed by atoms with van der Waals surface area (Å²) in [5, 5.41) is 0. The highest BCUT2D eigenvalue weighted by atomic mass is 15.4. The Kier molecular flexibility index (Phi) is 5.05. The molecular weight excluding hydrogens is 238 g/mol. The number of rotatable bonds is 2. The zero-order valence-corrected chi connectivity index (χ0v) is 12.6. The molecule has 5 heteroatoms. The van der Waals surface area contributed by atoms with E-state index in [1.807, 2.05) is 0 Å². The molecule has 110 valence electrons. The predicted octanol–water partition coefficient (Wildman–Crippen LogP) is 1.02. The fourth-order valence-corrected chi connectivity index (χ4v) is 3.39. The molecule has 0 aromatic heterocycles. The van der Waals surface area contributed by atoms with E-state index in [-0.39, 0.29) is 0 Å². The third-order valence-electron chi connectivity index (χ3n) is 4.54. The molecule has 2 rings (SSSR count). The van der Waals surface area contributed by atoms with Crippen LogP contribution in [-0.2, 0) is 0 Å². The van der Waals surface area contributed by atoms with Crippen LogP contribution in [0.4, 0.5) is 0 Å². The molecule has 2 fully saturated rings. The van der Waals surface area contributed by atoms with E-state index in [0.717, 1.165) is 19.0 Å². The van der Waals surface area contributed by atoms with E-state index in [4.69, 9.17) is 10.8 Å². The van der Waals surface area contributed by atoms with Crippen molar-refractivity contribution >= 4 is 5.96 Å². The summed E-state index contributed by atoms with van der Waals surface area (Å²) < 4.78 is 0. The van der Waals surface area contributed by atoms with Crippen molar-refractivity contribution in [2.75, 3.05) is 27.2 Å². The lowest BCUT2D eigenvalue weighted by atomic mass is 9.96. The fraction of sp³-hybridized carbons (Fsp3) is 0.929. The van der Waals surface area contributed by atoms with Crippen LogP contribution in [0.15, 0.2) is 4.99 Å². The first-order chi connectivity index (χ1) is 9.11. The molecular formula is C14H29N5. The predicted molar refractivity (Wildman–Crippen MR) is 79.8 cm³/mol. The summed E-state index contributed by atoms with van der Waals surface area (Å²) in [5.41, 5.74) is 2.83. The van der Waals surface area contributed by atoms with E-state index in [0.29, 0.717) is 18.0 Å². The number of nitrogens with two attached hydrogens (primary N) is 1. The minimum absolute atomic E-state index is 0.466. The Morgan fingerprint density at radius 1 is 1.21 bits per heavy atom. The van der Waals surface area contributed by atoms with Gasteiger partial charge in [0.1, 0.15) is 0 Å². The van der Waals surface area contributed by atoms with Crippen molar-refractivity contribution in [1.82, 2.24) is 15.2 Å². The molecule has 1 heterocycles. The molecule has 0 radical (unpaired) electrons. The van der Waals surface area contributed by atoms with Crippen LogP contribution in [0.3, 0.4) is 0 Å². The number of hydrogen-bond acceptors (Lipinski definition) is 3. The zero-order valence-electron chi connectivity index (χ0n) is 12.6. The number of likely N-dealkylation sites (tertiary alicyclic amines) is 1. The lowest BCUT2D eigenvalue weighted by Crippen LogP contribution is -2.45. The van der Waals surface area contributed by atoms with Crippen molar-refractivity contribution in [2.24, 2.45) is 16.8 Å². The van der Waals surface area contributed by atoms with Crippen LogP contribution in [0.5, 0.6) is 0 Å². The van der Waals surface area contributed by atoms with E-state index < -0.39 is 0 Å². The van der Waals surface area contributed by atoms with Gasteiger partial charge in [-0.25, -0.2) is 10.8 Å². The minimum Gasteiger partial charge on any atom is -0.340 e. The molecule has 2 aliphatic rings. The number of guanidine groups is 1. The molecule has 19 heavy (non-hydrogen) atoms. The van der Waals surface area contributed by atoms with E-state index in [9.17, 15) is 0 Å². The van der Waals surface area contributed by atoms with Gasteiger partial charge >= 0.3 is 0 Å². The van der Waals surface area contributed by atoms with Crippen LogP contribution < -0.4 is 11.3 Å². The number of likely N-dealkylation sites (N-methyl/N-ethyl adjacent to an activating group) is 1. The second kappa shape index (κ2) is 6.57. The van der Waals surface area contributed by atoms with E-state index in [1.54, 1.807) is 0 Å². The molecule has 0 aromatic rings. The summed E-state index contributed by atoms with van der Waals surface area (Å²) >= 11 is 0. The highest BCUT2D eigenvalue weighted by molar-refractivity contribution is 5.80. The molecule has 5 nitrogen and oxygen atoms in total. The van der Waals surface area contributed by atoms with Crippen LogP contribution in [0.25, 0.3) is 0 Å². The maximum absolute atomic E-state index is 5.70. The van der Waals surface area contributed by atoms with Gasteiger partial charge in [-0.15, -0.1) is 0 Å². The van der Waals surface area contributed by atoms with Crippen LogP contribution in [0.2, 0.25) is 0 Å². The standard InChI is InChI=1S/C14H29N5/c1-11-9-19(10-13(11)18(2)3)14(17-15)16-12-7-5-4-6-8-12/h11-13H,4-10,15H2,1-3H3,(H,16,17). The van der Waals surface area contributed by atoms with Gasteiger partial charge in [-0.05, 0) is 32.9 Å². The smallest absolute Gasteiger partial charge is 0.208 e. The third kappa shape index (κ3) is 3.60. The minimum atomic E-state index is 0.466. The Morgan fingerprint density at radius 3 is 2.42 bits per heavy atom. The molecule has 0 aromatic carbocycles. The molecule has 1 aliphatic carbocycles. The molecule has 0 spiro atoms. The molecule has 2 unspecified atom stereocenters. The summed E-state index contributed by atoms with van der Waals surface area (Å²) in [6.45, 7) is 4.36. The molecule has 1 aliphatic heterocycles. The maximum atomic E-state index is 5.70. The van der Waals surface area contributed by atoms with Gasteiger partial charge in [0.05, 0.1) is 6.04 Å². The zero-order chi connectivity index (χ0) is 13.8. The summed E-state index contributed by atoms with van der Waals surface area (Å²) in [4.78, 5) is 9.47. The van der Waals surface area contributed by atoms with E-state index in [2.05, 4.69) is 36.2 Å². The van der Waals surface area contributed by atoms with Crippen LogP contribution in [-0.4, -0.2) is 55.0 Å². The highest BCUT2D eigenvalue weighted by Crippen LogP contribution is 2.23. The maximum Gasteiger partial charge on any atom is 0.208 e. The normalized spacial score (nSPS) is 30.2. The first-order valence-corrected chi connectivity index (χ1v) is 7.57. The van der Waals surface area contributed by atoms with Crippen molar-refractivity contribution in [2.45, 2.75) is 51.1 Å². The van der Waals surface area contributed by atoms with Crippen molar-refractivity contribution in [3.8, 4) is 0 Å². The highest BCUT2D eigenvalue weighted by Gasteiger charge is 2.32. The Hall–Kier alpha value is -0.810. The lowest BCUT2D eigenvalue weighted by Gasteiger charge is -2.25. The van der Waals surface area contributed by atoms with Crippen molar-refractivity contribution in [1.29, 1.82) is 0 Å². The Labute approximate surface area is 117 Å². The number of nitrogens with zero attached hydrogens (tertiary/aromatic N) is 3. The molecule has 0 bridgehead atoms. The van der Waals surface area contributed by atoms with Gasteiger partial charge < -0.3 is 9.80 Å². The number of hydrazine groups is 1. The first-order valence-electron chi connectivity index (χ1n) is 7.57. The average molecular weight is 267 g/mol. The van der Waals surface area contributed by atoms with Crippen molar-refractivity contribution < 1.29 is 0 Å². The van der Waals surface area contributed by atoms with E-state index in [1.165, 1.54) is 32.1 Å². The van der Waals surface area contributed by atoms with Crippen LogP contribution >= 0.6 is 0 Å². The number of hydrogen-bond donors (Lipinski definition) is 2. The quantitative estimate of drug-likeness (QED) is 0.339. The van der Waals surface area contributed by atoms with Crippen molar-refractivity contribution in [3.05, 3.63) is 0 Å². The SMILES string of the molecule is CC1CN(C(=NC2CCCCC2)NN)CC1N(C)C. The van der Waals surface area contributed by atoms with Crippen molar-refractivity contribution in [3.63, 3.8) is 0 Å². The van der Waals surface area contributed by atoms with Gasteiger partial charge in [-0.2, -0.15) is 0 Å². The molecule has 0 amide bonds. The third-order valence-corrected chi connectivity index (χ3v) is 4.54. The summed E-state index contributed by atoms with van der Waals surface area (Å²) in [5.74, 6) is 7.25. The van der Waals surface area contributed by atoms with Crippen LogP contribution in [0.1, 0.15) is 39.0 Å². The summed E-state index contributed by atoms with van der Waals surface area (Å²) in [6.07, 6.45) is 6.41. The average Bonchev–Trinajstić information content (AvgIpc) is 2.79. The van der Waals surface area contributed by atoms with E-state index >= 15 is 0 Å². The van der Waals surface area contributed by atoms with Gasteiger partial charge in [-0.3, -0.25) is 5.43 Å². The monoisotopic (exact) mass is 267 g/mol. The second-order valence-electron chi connectivity index (χ2n) is 6.30. The molecule has 3 N–H and O–H groups in total. The second-order valence-corrected chi connectivity index (χ2v) is 6.30. The molecule has 2 atom stereocenters. The van der Waals surface area contributed by atoms with Gasteiger partial charge in [0.15, 0.2) is 0 Å². The van der Waals surface area contributed by atoms with Crippen LogP contribution in [0, 0.1) is 5.92 Å². The molecule has 1 saturated heterocycles. The summed E-state index contributed by atoms with van der Waals surface area (Å²) in [7, 11) is 4.30. The summed E-state index contributed by atoms with van der Waals surface area (Å²) in [6, 6.07) is 1.05. The Morgan fingerprint density at radius 2 is 1.89 bits per heavy atom. The number of aliphatic imine (C=N–C) groups is 1. The lowest BCUT2D eigenvalue weighted by molar-refractivity contribution is 0.262. The number of nitrogens with one attached hydrogen (secondary N) is 1. The fourth-order valence-electron chi connectivity index (χ4n) is 3.39. The Balaban J connectivity index is 1.99. The van der Waals surface area contributed by atoms with Gasteiger partial charge in [-0.1, -0.05) is 26.2 Å². The first kappa shape index (κ1) is 14.6. The van der Waals surface area contributed by atoms with Gasteiger partial charge in [0, 0.05) is 19.1 Å². The van der Waals surface area contributed by atoms with Gasteiger partial charge in [0.2, 0.25) is 5.96 Å². The van der Waals surface area contributed by atoms with Gasteiger partial charge in [0.25, 0.3) is 0 Å².